The van der Waals surface area contributed by atoms with Crippen molar-refractivity contribution in [3.63, 3.8) is 0 Å². The van der Waals surface area contributed by atoms with Crippen molar-refractivity contribution in [2.45, 2.75) is 57.6 Å². The molecule has 2 nitrogen and oxygen atoms in total. The molecule has 0 bridgehead atoms. The summed E-state index contributed by atoms with van der Waals surface area (Å²) in [5.41, 5.74) is 6.17. The lowest BCUT2D eigenvalue weighted by atomic mass is 9.72. The van der Waals surface area contributed by atoms with Gasteiger partial charge in [-0.1, -0.05) is 6.42 Å². The van der Waals surface area contributed by atoms with E-state index in [1.807, 2.05) is 0 Å². The van der Waals surface area contributed by atoms with Gasteiger partial charge in [-0.3, -0.25) is 0 Å². The summed E-state index contributed by atoms with van der Waals surface area (Å²) in [6.45, 7) is 2.94. The molecule has 2 aliphatic rings. The molecule has 2 saturated carbocycles. The molecule has 0 spiro atoms. The molecule has 2 heteroatoms. The summed E-state index contributed by atoms with van der Waals surface area (Å²) < 4.78 is 5.55. The molecule has 2 fully saturated rings. The van der Waals surface area contributed by atoms with Crippen LogP contribution in [0.2, 0.25) is 0 Å². The average Bonchev–Trinajstić information content (AvgIpc) is 1.97. The lowest BCUT2D eigenvalue weighted by Crippen LogP contribution is -2.40. The van der Waals surface area contributed by atoms with E-state index in [1.165, 1.54) is 38.5 Å². The summed E-state index contributed by atoms with van der Waals surface area (Å²) in [5.74, 6) is 1.71. The minimum absolute atomic E-state index is 0.483. The third-order valence-corrected chi connectivity index (χ3v) is 3.96. The van der Waals surface area contributed by atoms with Crippen LogP contribution in [0.3, 0.4) is 0 Å². The summed E-state index contributed by atoms with van der Waals surface area (Å²) >= 11 is 0. The van der Waals surface area contributed by atoms with Gasteiger partial charge in [-0.25, -0.2) is 0 Å². The first kappa shape index (κ1) is 10.4. The Bertz CT molecular complexity index is 173. The second-order valence-corrected chi connectivity index (χ2v) is 5.01. The molecule has 2 aliphatic carbocycles. The van der Waals surface area contributed by atoms with Gasteiger partial charge in [0, 0.05) is 12.6 Å². The fraction of sp³-hybridized carbons (Fsp3) is 1.00. The van der Waals surface area contributed by atoms with Crippen LogP contribution in [0.15, 0.2) is 0 Å². The summed E-state index contributed by atoms with van der Waals surface area (Å²) in [6.07, 6.45) is 8.48. The van der Waals surface area contributed by atoms with E-state index in [1.54, 1.807) is 0 Å². The van der Waals surface area contributed by atoms with Crippen LogP contribution >= 0.6 is 0 Å². The molecule has 2 N–H and O–H groups in total. The Kier molecular flexibility index (Phi) is 3.45. The maximum absolute atomic E-state index is 6.17. The van der Waals surface area contributed by atoms with Crippen molar-refractivity contribution >= 4 is 0 Å². The van der Waals surface area contributed by atoms with E-state index in [9.17, 15) is 0 Å². The highest BCUT2D eigenvalue weighted by Gasteiger charge is 2.33. The van der Waals surface area contributed by atoms with E-state index < -0.39 is 0 Å². The second kappa shape index (κ2) is 4.63. The number of ether oxygens (including phenoxy) is 1. The van der Waals surface area contributed by atoms with Crippen LogP contribution in [-0.4, -0.2) is 18.8 Å². The van der Waals surface area contributed by atoms with Crippen LogP contribution in [0.25, 0.3) is 0 Å². The number of hydrogen-bond donors (Lipinski definition) is 1. The minimum atomic E-state index is 0.483. The van der Waals surface area contributed by atoms with Gasteiger partial charge < -0.3 is 10.5 Å². The number of rotatable bonds is 5. The van der Waals surface area contributed by atoms with Gasteiger partial charge in [0.25, 0.3) is 0 Å². The zero-order chi connectivity index (χ0) is 9.97. The van der Waals surface area contributed by atoms with Gasteiger partial charge in [0.2, 0.25) is 0 Å². The largest absolute Gasteiger partial charge is 0.378 e. The Morgan fingerprint density at radius 3 is 2.57 bits per heavy atom. The van der Waals surface area contributed by atoms with Gasteiger partial charge in [0.05, 0.1) is 6.10 Å². The molecule has 14 heavy (non-hydrogen) atoms. The van der Waals surface area contributed by atoms with E-state index in [4.69, 9.17) is 10.5 Å². The molecule has 0 aromatic heterocycles. The Morgan fingerprint density at radius 2 is 2.07 bits per heavy atom. The first-order valence-electron chi connectivity index (χ1n) is 6.16. The van der Waals surface area contributed by atoms with E-state index in [0.717, 1.165) is 18.4 Å². The van der Waals surface area contributed by atoms with Gasteiger partial charge >= 0.3 is 0 Å². The summed E-state index contributed by atoms with van der Waals surface area (Å²) in [5, 5.41) is 0. The zero-order valence-corrected chi connectivity index (χ0v) is 9.24. The van der Waals surface area contributed by atoms with Crippen LogP contribution in [0.1, 0.15) is 45.4 Å². The van der Waals surface area contributed by atoms with E-state index >= 15 is 0 Å². The SMILES string of the molecule is CCOC1CC(CC(N)C2CCC2)C1. The predicted molar refractivity (Wildman–Crippen MR) is 58.1 cm³/mol. The minimum Gasteiger partial charge on any atom is -0.378 e. The van der Waals surface area contributed by atoms with Crippen molar-refractivity contribution in [2.24, 2.45) is 17.6 Å². The second-order valence-electron chi connectivity index (χ2n) is 5.01. The zero-order valence-electron chi connectivity index (χ0n) is 9.24. The van der Waals surface area contributed by atoms with E-state index in [-0.39, 0.29) is 0 Å². The lowest BCUT2D eigenvalue weighted by molar-refractivity contribution is -0.0306. The number of nitrogens with two attached hydrogens (primary N) is 1. The predicted octanol–water partition coefficient (Wildman–Crippen LogP) is 2.32. The van der Waals surface area contributed by atoms with Gasteiger partial charge in [0.1, 0.15) is 0 Å². The van der Waals surface area contributed by atoms with Crippen LogP contribution in [-0.2, 0) is 4.74 Å². The molecule has 2 rings (SSSR count). The van der Waals surface area contributed by atoms with E-state index in [0.29, 0.717) is 12.1 Å². The van der Waals surface area contributed by atoms with E-state index in [2.05, 4.69) is 6.92 Å². The first-order chi connectivity index (χ1) is 6.79. The third kappa shape index (κ3) is 2.29. The highest BCUT2D eigenvalue weighted by Crippen LogP contribution is 2.37. The van der Waals surface area contributed by atoms with Crippen molar-refractivity contribution in [1.29, 1.82) is 0 Å². The standard InChI is InChI=1S/C12H23NO/c1-2-14-11-6-9(7-11)8-12(13)10-4-3-5-10/h9-12H,2-8,13H2,1H3. The Morgan fingerprint density at radius 1 is 1.36 bits per heavy atom. The molecule has 0 saturated heterocycles. The number of hydrogen-bond acceptors (Lipinski definition) is 2. The Labute approximate surface area is 87.2 Å². The highest BCUT2D eigenvalue weighted by molar-refractivity contribution is 4.87. The smallest absolute Gasteiger partial charge is 0.0580 e. The maximum Gasteiger partial charge on any atom is 0.0580 e. The summed E-state index contributed by atoms with van der Waals surface area (Å²) in [7, 11) is 0. The molecule has 0 aromatic carbocycles. The van der Waals surface area contributed by atoms with Crippen LogP contribution in [0.4, 0.5) is 0 Å². The van der Waals surface area contributed by atoms with Crippen molar-refractivity contribution in [3.05, 3.63) is 0 Å². The van der Waals surface area contributed by atoms with Crippen molar-refractivity contribution < 1.29 is 4.74 Å². The quantitative estimate of drug-likeness (QED) is 0.734. The van der Waals surface area contributed by atoms with Crippen LogP contribution in [0, 0.1) is 11.8 Å². The fourth-order valence-electron chi connectivity index (χ4n) is 2.68. The average molecular weight is 197 g/mol. The molecule has 0 radical (unpaired) electrons. The molecule has 0 amide bonds. The summed E-state index contributed by atoms with van der Waals surface area (Å²) in [6, 6.07) is 0.483. The monoisotopic (exact) mass is 197 g/mol. The third-order valence-electron chi connectivity index (χ3n) is 3.96. The van der Waals surface area contributed by atoms with Crippen molar-refractivity contribution in [3.8, 4) is 0 Å². The van der Waals surface area contributed by atoms with Crippen molar-refractivity contribution in [1.82, 2.24) is 0 Å². The van der Waals surface area contributed by atoms with Crippen LogP contribution < -0.4 is 5.73 Å². The van der Waals surface area contributed by atoms with Gasteiger partial charge in [-0.05, 0) is 50.9 Å². The fourth-order valence-corrected chi connectivity index (χ4v) is 2.68. The van der Waals surface area contributed by atoms with Crippen molar-refractivity contribution in [2.75, 3.05) is 6.61 Å². The molecule has 0 aliphatic heterocycles. The Hall–Kier alpha value is -0.0800. The molecular weight excluding hydrogens is 174 g/mol. The van der Waals surface area contributed by atoms with Gasteiger partial charge in [-0.2, -0.15) is 0 Å². The summed E-state index contributed by atoms with van der Waals surface area (Å²) in [4.78, 5) is 0. The van der Waals surface area contributed by atoms with Crippen LogP contribution in [0.5, 0.6) is 0 Å². The maximum atomic E-state index is 6.17. The first-order valence-corrected chi connectivity index (χ1v) is 6.16. The molecular formula is C12H23NO. The Balaban J connectivity index is 1.58. The van der Waals surface area contributed by atoms with Gasteiger partial charge in [-0.15, -0.1) is 0 Å². The molecule has 1 unspecified atom stereocenters. The lowest BCUT2D eigenvalue weighted by Gasteiger charge is -2.39. The molecule has 0 aromatic rings. The molecule has 0 heterocycles. The van der Waals surface area contributed by atoms with Gasteiger partial charge in [0.15, 0.2) is 0 Å². The topological polar surface area (TPSA) is 35.2 Å². The molecule has 1 atom stereocenters. The highest BCUT2D eigenvalue weighted by atomic mass is 16.5. The normalized spacial score (nSPS) is 34.7. The molecule has 82 valence electrons.